The highest BCUT2D eigenvalue weighted by Gasteiger charge is 2.39. The fraction of sp³-hybridized carbons (Fsp3) is 0.833. The number of anilines is 1. The molecule has 1 aromatic rings. The maximum absolute atomic E-state index is 4.71. The fourth-order valence-electron chi connectivity index (χ4n) is 4.29. The minimum Gasteiger partial charge on any atom is -0.356 e. The highest BCUT2D eigenvalue weighted by Crippen LogP contribution is 2.50. The van der Waals surface area contributed by atoms with Crippen LogP contribution in [0.1, 0.15) is 78.5 Å². The Bertz CT molecular complexity index is 455. The van der Waals surface area contributed by atoms with Crippen molar-refractivity contribution in [1.82, 2.24) is 9.55 Å². The Morgan fingerprint density at radius 2 is 1.86 bits per heavy atom. The lowest BCUT2D eigenvalue weighted by atomic mass is 9.63. The number of hydrogen-bond acceptors (Lipinski definition) is 2. The summed E-state index contributed by atoms with van der Waals surface area (Å²) >= 11 is 0. The Morgan fingerprint density at radius 1 is 1.24 bits per heavy atom. The van der Waals surface area contributed by atoms with E-state index in [0.29, 0.717) is 16.9 Å². The first-order valence-electron chi connectivity index (χ1n) is 8.52. The molecule has 21 heavy (non-hydrogen) atoms. The summed E-state index contributed by atoms with van der Waals surface area (Å²) in [5.74, 6) is 1.07. The van der Waals surface area contributed by atoms with Gasteiger partial charge in [-0.15, -0.1) is 0 Å². The second-order valence-electron chi connectivity index (χ2n) is 8.46. The summed E-state index contributed by atoms with van der Waals surface area (Å²) in [6.45, 7) is 15.0. The molecule has 0 radical (unpaired) electrons. The number of aromatic nitrogens is 2. The number of nitrogens with zero attached hydrogens (tertiary/aromatic N) is 2. The van der Waals surface area contributed by atoms with E-state index in [1.807, 2.05) is 0 Å². The lowest BCUT2D eigenvalue weighted by molar-refractivity contribution is 0.0730. The van der Waals surface area contributed by atoms with Crippen LogP contribution in [0.15, 0.2) is 6.20 Å². The zero-order chi connectivity index (χ0) is 15.7. The van der Waals surface area contributed by atoms with Gasteiger partial charge in [0.2, 0.25) is 5.95 Å². The molecule has 2 rings (SSSR count). The summed E-state index contributed by atoms with van der Waals surface area (Å²) in [7, 11) is 0. The van der Waals surface area contributed by atoms with Crippen molar-refractivity contribution in [1.29, 1.82) is 0 Å². The summed E-state index contributed by atoms with van der Waals surface area (Å²) in [4.78, 5) is 4.71. The number of unbranched alkanes of at least 4 members (excludes halogenated alkanes) is 1. The molecule has 1 aliphatic rings. The lowest BCUT2D eigenvalue weighted by Gasteiger charge is -2.45. The molecule has 0 bridgehead atoms. The lowest BCUT2D eigenvalue weighted by Crippen LogP contribution is -2.35. The predicted molar refractivity (Wildman–Crippen MR) is 90.8 cm³/mol. The Labute approximate surface area is 130 Å². The quantitative estimate of drug-likeness (QED) is 0.757. The molecular weight excluding hydrogens is 258 g/mol. The number of imidazole rings is 1. The van der Waals surface area contributed by atoms with E-state index in [0.717, 1.165) is 18.2 Å². The van der Waals surface area contributed by atoms with Crippen LogP contribution >= 0.6 is 0 Å². The molecule has 0 aliphatic heterocycles. The third kappa shape index (κ3) is 4.24. The summed E-state index contributed by atoms with van der Waals surface area (Å²) in [6, 6.07) is 0.564. The van der Waals surface area contributed by atoms with E-state index < -0.39 is 0 Å². The maximum atomic E-state index is 4.71. The molecule has 1 aliphatic carbocycles. The molecule has 3 heteroatoms. The van der Waals surface area contributed by atoms with Crippen LogP contribution in [0.25, 0.3) is 0 Å². The van der Waals surface area contributed by atoms with Crippen LogP contribution in [0.3, 0.4) is 0 Å². The van der Waals surface area contributed by atoms with Crippen LogP contribution in [0.4, 0.5) is 5.95 Å². The molecular formula is C18H33N3. The van der Waals surface area contributed by atoms with Gasteiger partial charge in [-0.3, -0.25) is 0 Å². The average Bonchev–Trinajstić information content (AvgIpc) is 2.67. The van der Waals surface area contributed by atoms with Gasteiger partial charge in [0.25, 0.3) is 0 Å². The van der Waals surface area contributed by atoms with Gasteiger partial charge in [-0.1, -0.05) is 41.0 Å². The van der Waals surface area contributed by atoms with Crippen molar-refractivity contribution in [2.45, 2.75) is 79.7 Å². The summed E-state index contributed by atoms with van der Waals surface area (Å²) in [5, 5.41) is 3.54. The van der Waals surface area contributed by atoms with Crippen LogP contribution in [-0.4, -0.2) is 16.1 Å². The number of rotatable bonds is 5. The van der Waals surface area contributed by atoms with E-state index in [1.165, 1.54) is 32.1 Å². The molecule has 0 unspecified atom stereocenters. The number of nitrogens with one attached hydrogen (secondary N) is 1. The van der Waals surface area contributed by atoms with E-state index in [2.05, 4.69) is 57.6 Å². The van der Waals surface area contributed by atoms with Gasteiger partial charge in [-0.2, -0.15) is 0 Å². The summed E-state index contributed by atoms with van der Waals surface area (Å²) < 4.78 is 2.41. The summed E-state index contributed by atoms with van der Waals surface area (Å²) in [6.07, 6.45) is 8.45. The van der Waals surface area contributed by atoms with Crippen molar-refractivity contribution < 1.29 is 0 Å². The minimum atomic E-state index is 0.408. The molecule has 1 N–H and O–H groups in total. The van der Waals surface area contributed by atoms with Gasteiger partial charge in [0.15, 0.2) is 0 Å². The molecule has 1 saturated carbocycles. The smallest absolute Gasteiger partial charge is 0.203 e. The van der Waals surface area contributed by atoms with E-state index in [-0.39, 0.29) is 0 Å². The van der Waals surface area contributed by atoms with Crippen LogP contribution in [-0.2, 0) is 0 Å². The maximum Gasteiger partial charge on any atom is 0.203 e. The van der Waals surface area contributed by atoms with Crippen LogP contribution in [0.2, 0.25) is 0 Å². The van der Waals surface area contributed by atoms with E-state index >= 15 is 0 Å². The second kappa shape index (κ2) is 6.02. The van der Waals surface area contributed by atoms with Crippen molar-refractivity contribution in [3.63, 3.8) is 0 Å². The Hall–Kier alpha value is -0.990. The number of hydrogen-bond donors (Lipinski definition) is 1. The normalized spacial score (nSPS) is 21.4. The van der Waals surface area contributed by atoms with Gasteiger partial charge in [0.1, 0.15) is 0 Å². The average molecular weight is 291 g/mol. The molecule has 3 nitrogen and oxygen atoms in total. The topological polar surface area (TPSA) is 29.9 Å². The first kappa shape index (κ1) is 16.4. The molecule has 0 saturated heterocycles. The predicted octanol–water partition coefficient (Wildman–Crippen LogP) is 5.18. The SMILES string of the molecule is CCCCNc1nc(C)cn1C1CC(C)(C)CC(C)(C)C1. The van der Waals surface area contributed by atoms with Gasteiger partial charge in [0.05, 0.1) is 5.69 Å². The minimum absolute atomic E-state index is 0.408. The molecule has 0 amide bonds. The van der Waals surface area contributed by atoms with Gasteiger partial charge in [-0.05, 0) is 43.4 Å². The second-order valence-corrected chi connectivity index (χ2v) is 8.46. The van der Waals surface area contributed by atoms with Crippen molar-refractivity contribution in [2.75, 3.05) is 11.9 Å². The van der Waals surface area contributed by atoms with E-state index in [4.69, 9.17) is 4.98 Å². The van der Waals surface area contributed by atoms with Crippen LogP contribution < -0.4 is 5.32 Å². The molecule has 0 aromatic carbocycles. The molecule has 0 spiro atoms. The van der Waals surface area contributed by atoms with Crippen molar-refractivity contribution >= 4 is 5.95 Å². The van der Waals surface area contributed by atoms with Crippen LogP contribution in [0, 0.1) is 17.8 Å². The molecule has 1 aromatic heterocycles. The van der Waals surface area contributed by atoms with E-state index in [9.17, 15) is 0 Å². The van der Waals surface area contributed by atoms with Crippen molar-refractivity contribution in [3.05, 3.63) is 11.9 Å². The number of aryl methyl sites for hydroxylation is 1. The van der Waals surface area contributed by atoms with Crippen molar-refractivity contribution in [3.8, 4) is 0 Å². The Balaban J connectivity index is 2.20. The zero-order valence-corrected chi connectivity index (χ0v) is 14.8. The third-order valence-corrected chi connectivity index (χ3v) is 4.59. The fourth-order valence-corrected chi connectivity index (χ4v) is 4.29. The monoisotopic (exact) mass is 291 g/mol. The molecule has 1 heterocycles. The van der Waals surface area contributed by atoms with Gasteiger partial charge in [-0.25, -0.2) is 4.98 Å². The van der Waals surface area contributed by atoms with E-state index in [1.54, 1.807) is 0 Å². The highest BCUT2D eigenvalue weighted by atomic mass is 15.2. The van der Waals surface area contributed by atoms with Crippen molar-refractivity contribution in [2.24, 2.45) is 10.8 Å². The molecule has 0 atom stereocenters. The van der Waals surface area contributed by atoms with Crippen LogP contribution in [0.5, 0.6) is 0 Å². The summed E-state index contributed by atoms with van der Waals surface area (Å²) in [5.41, 5.74) is 1.94. The Morgan fingerprint density at radius 3 is 2.43 bits per heavy atom. The zero-order valence-electron chi connectivity index (χ0n) is 14.8. The Kier molecular flexibility index (Phi) is 4.69. The molecule has 120 valence electrons. The largest absolute Gasteiger partial charge is 0.356 e. The first-order valence-corrected chi connectivity index (χ1v) is 8.52. The standard InChI is InChI=1S/C18H33N3/c1-7-8-9-19-16-20-14(2)12-21(16)15-10-17(3,4)13-18(5,6)11-15/h12,15H,7-11,13H2,1-6H3,(H,19,20). The third-order valence-electron chi connectivity index (χ3n) is 4.59. The van der Waals surface area contributed by atoms with Gasteiger partial charge >= 0.3 is 0 Å². The van der Waals surface area contributed by atoms with Gasteiger partial charge < -0.3 is 9.88 Å². The van der Waals surface area contributed by atoms with Gasteiger partial charge in [0, 0.05) is 18.8 Å². The first-order chi connectivity index (χ1) is 9.72. The molecule has 1 fully saturated rings. The highest BCUT2D eigenvalue weighted by molar-refractivity contribution is 5.30.